The number of ether oxygens (including phenoxy) is 1. The molecule has 1 aliphatic heterocycles. The summed E-state index contributed by atoms with van der Waals surface area (Å²) in [5, 5.41) is 0. The molecule has 1 aliphatic rings. The van der Waals surface area contributed by atoms with Gasteiger partial charge < -0.3 is 15.4 Å². The van der Waals surface area contributed by atoms with Crippen LogP contribution in [0.4, 0.5) is 8.78 Å². The first-order valence-electron chi connectivity index (χ1n) is 6.62. The van der Waals surface area contributed by atoms with Gasteiger partial charge in [0.05, 0.1) is 0 Å². The van der Waals surface area contributed by atoms with Gasteiger partial charge >= 0.3 is 0 Å². The minimum absolute atomic E-state index is 0.138. The molecule has 0 bridgehead atoms. The number of nitrogens with two attached hydrogens (primary N) is 1. The Bertz CT molecular complexity index is 496. The summed E-state index contributed by atoms with van der Waals surface area (Å²) in [5.41, 5.74) is 5.58. The number of hydrogen-bond acceptors (Lipinski definition) is 3. The van der Waals surface area contributed by atoms with Crippen LogP contribution in [-0.2, 0) is 4.79 Å². The largest absolute Gasteiger partial charge is 0.481 e. The van der Waals surface area contributed by atoms with Gasteiger partial charge in [0.25, 0.3) is 5.91 Å². The van der Waals surface area contributed by atoms with Gasteiger partial charge in [0.1, 0.15) is 5.75 Å². The lowest BCUT2D eigenvalue weighted by Crippen LogP contribution is -2.39. The molecule has 110 valence electrons. The van der Waals surface area contributed by atoms with E-state index in [2.05, 4.69) is 0 Å². The maximum absolute atomic E-state index is 13.1. The highest BCUT2D eigenvalue weighted by Crippen LogP contribution is 2.20. The average molecular weight is 284 g/mol. The van der Waals surface area contributed by atoms with Crippen LogP contribution in [-0.4, -0.2) is 36.5 Å². The predicted molar refractivity (Wildman–Crippen MR) is 70.2 cm³/mol. The Labute approximate surface area is 116 Å². The molecule has 1 amide bonds. The van der Waals surface area contributed by atoms with Gasteiger partial charge in [-0.25, -0.2) is 8.78 Å². The molecule has 0 radical (unpaired) electrons. The number of carbonyl (C=O) groups excluding carboxylic acids is 1. The van der Waals surface area contributed by atoms with Crippen LogP contribution in [0.3, 0.4) is 0 Å². The lowest BCUT2D eigenvalue weighted by molar-refractivity contribution is -0.137. The Balaban J connectivity index is 1.95. The summed E-state index contributed by atoms with van der Waals surface area (Å²) in [5.74, 6) is -1.63. The Kier molecular flexibility index (Phi) is 4.54. The Hall–Kier alpha value is -1.69. The normalized spacial score (nSPS) is 20.0. The summed E-state index contributed by atoms with van der Waals surface area (Å²) in [7, 11) is 0. The van der Waals surface area contributed by atoms with E-state index < -0.39 is 17.7 Å². The molecule has 0 spiro atoms. The summed E-state index contributed by atoms with van der Waals surface area (Å²) in [6.07, 6.45) is 0.150. The van der Waals surface area contributed by atoms with Crippen molar-refractivity contribution in [3.63, 3.8) is 0 Å². The Morgan fingerprint density at radius 1 is 1.50 bits per heavy atom. The van der Waals surface area contributed by atoms with Crippen molar-refractivity contribution in [2.45, 2.75) is 19.4 Å². The predicted octanol–water partition coefficient (Wildman–Crippen LogP) is 1.54. The molecule has 1 aromatic carbocycles. The lowest BCUT2D eigenvalue weighted by Gasteiger charge is -2.21. The van der Waals surface area contributed by atoms with Crippen molar-refractivity contribution >= 4 is 5.91 Å². The molecule has 1 fully saturated rings. The van der Waals surface area contributed by atoms with Crippen molar-refractivity contribution in [2.24, 2.45) is 11.7 Å². The van der Waals surface area contributed by atoms with E-state index in [1.807, 2.05) is 0 Å². The molecule has 0 aliphatic carbocycles. The first-order chi connectivity index (χ1) is 9.51. The number of likely N-dealkylation sites (tertiary alicyclic amines) is 1. The third-order valence-corrected chi connectivity index (χ3v) is 3.48. The van der Waals surface area contributed by atoms with Gasteiger partial charge in [-0.1, -0.05) is 0 Å². The molecule has 4 nitrogen and oxygen atoms in total. The van der Waals surface area contributed by atoms with Gasteiger partial charge in [-0.3, -0.25) is 4.79 Å². The Morgan fingerprint density at radius 2 is 2.25 bits per heavy atom. The maximum Gasteiger partial charge on any atom is 0.263 e. The minimum atomic E-state index is -0.994. The summed E-state index contributed by atoms with van der Waals surface area (Å²) < 4.78 is 31.2. The quantitative estimate of drug-likeness (QED) is 0.912. The molecule has 1 heterocycles. The second-order valence-corrected chi connectivity index (χ2v) is 5.01. The highest BCUT2D eigenvalue weighted by molar-refractivity contribution is 5.81. The zero-order chi connectivity index (χ0) is 14.7. The smallest absolute Gasteiger partial charge is 0.263 e. The fraction of sp³-hybridized carbons (Fsp3) is 0.500. The van der Waals surface area contributed by atoms with Crippen LogP contribution in [0.5, 0.6) is 5.75 Å². The van der Waals surface area contributed by atoms with Crippen molar-refractivity contribution in [2.75, 3.05) is 19.6 Å². The van der Waals surface area contributed by atoms with E-state index in [0.717, 1.165) is 18.6 Å². The molecule has 1 saturated heterocycles. The van der Waals surface area contributed by atoms with Crippen molar-refractivity contribution in [1.29, 1.82) is 0 Å². The van der Waals surface area contributed by atoms with Crippen LogP contribution in [0.1, 0.15) is 13.3 Å². The van der Waals surface area contributed by atoms with E-state index in [-0.39, 0.29) is 11.7 Å². The van der Waals surface area contributed by atoms with Crippen molar-refractivity contribution in [1.82, 2.24) is 4.90 Å². The highest BCUT2D eigenvalue weighted by Gasteiger charge is 2.29. The number of rotatable bonds is 4. The first-order valence-corrected chi connectivity index (χ1v) is 6.62. The number of carbonyl (C=O) groups is 1. The molecular weight excluding hydrogens is 266 g/mol. The van der Waals surface area contributed by atoms with Crippen LogP contribution in [0, 0.1) is 17.6 Å². The topological polar surface area (TPSA) is 55.6 Å². The van der Waals surface area contributed by atoms with Crippen molar-refractivity contribution < 1.29 is 18.3 Å². The second-order valence-electron chi connectivity index (χ2n) is 5.01. The molecule has 20 heavy (non-hydrogen) atoms. The fourth-order valence-corrected chi connectivity index (χ4v) is 2.29. The van der Waals surface area contributed by atoms with Gasteiger partial charge in [0.2, 0.25) is 0 Å². The van der Waals surface area contributed by atoms with E-state index in [1.165, 1.54) is 6.07 Å². The van der Waals surface area contributed by atoms with E-state index in [9.17, 15) is 13.6 Å². The second kappa shape index (κ2) is 6.17. The molecule has 0 unspecified atom stereocenters. The van der Waals surface area contributed by atoms with Gasteiger partial charge in [0.15, 0.2) is 17.7 Å². The molecule has 1 aromatic rings. The van der Waals surface area contributed by atoms with Crippen LogP contribution in [0.15, 0.2) is 18.2 Å². The number of nitrogens with zero attached hydrogens (tertiary/aromatic N) is 1. The van der Waals surface area contributed by atoms with Crippen LogP contribution < -0.4 is 10.5 Å². The molecule has 2 atom stereocenters. The monoisotopic (exact) mass is 284 g/mol. The lowest BCUT2D eigenvalue weighted by atomic mass is 10.1. The minimum Gasteiger partial charge on any atom is -0.481 e. The zero-order valence-corrected chi connectivity index (χ0v) is 11.3. The first kappa shape index (κ1) is 14.7. The number of hydrogen-bond donors (Lipinski definition) is 1. The van der Waals surface area contributed by atoms with E-state index in [0.29, 0.717) is 25.6 Å². The number of halogens is 2. The third-order valence-electron chi connectivity index (χ3n) is 3.48. The Morgan fingerprint density at radius 3 is 2.85 bits per heavy atom. The fourth-order valence-electron chi connectivity index (χ4n) is 2.29. The SMILES string of the molecule is C[C@@H](Oc1ccc(F)c(F)c1)C(=O)N1CC[C@H](CN)C1. The number of benzene rings is 1. The van der Waals surface area contributed by atoms with E-state index >= 15 is 0 Å². The number of amides is 1. The van der Waals surface area contributed by atoms with Gasteiger partial charge in [0, 0.05) is 19.2 Å². The molecule has 0 aromatic heterocycles. The van der Waals surface area contributed by atoms with Crippen LogP contribution in [0.2, 0.25) is 0 Å². The summed E-state index contributed by atoms with van der Waals surface area (Å²) in [6, 6.07) is 3.21. The van der Waals surface area contributed by atoms with E-state index in [4.69, 9.17) is 10.5 Å². The molecule has 6 heteroatoms. The van der Waals surface area contributed by atoms with Crippen LogP contribution >= 0.6 is 0 Å². The molecule has 2 rings (SSSR count). The summed E-state index contributed by atoms with van der Waals surface area (Å²) in [4.78, 5) is 13.9. The summed E-state index contributed by atoms with van der Waals surface area (Å²) in [6.45, 7) is 3.44. The van der Waals surface area contributed by atoms with Crippen molar-refractivity contribution in [3.8, 4) is 5.75 Å². The van der Waals surface area contributed by atoms with Crippen molar-refractivity contribution in [3.05, 3.63) is 29.8 Å². The average Bonchev–Trinajstić information content (AvgIpc) is 2.91. The molecule has 0 saturated carbocycles. The standard InChI is InChI=1S/C14H18F2N2O2/c1-9(14(19)18-5-4-10(7-17)8-18)20-11-2-3-12(15)13(16)6-11/h2-3,6,9-10H,4-5,7-8,17H2,1H3/t9-,10-/m1/s1. The van der Waals surface area contributed by atoms with Gasteiger partial charge in [-0.2, -0.15) is 0 Å². The maximum atomic E-state index is 13.1. The van der Waals surface area contributed by atoms with E-state index in [1.54, 1.807) is 11.8 Å². The summed E-state index contributed by atoms with van der Waals surface area (Å²) >= 11 is 0. The van der Waals surface area contributed by atoms with Gasteiger partial charge in [-0.15, -0.1) is 0 Å². The molecular formula is C14H18F2N2O2. The third kappa shape index (κ3) is 3.25. The molecule has 2 N–H and O–H groups in total. The zero-order valence-electron chi connectivity index (χ0n) is 11.3. The highest BCUT2D eigenvalue weighted by atomic mass is 19.2. The van der Waals surface area contributed by atoms with Crippen LogP contribution in [0.25, 0.3) is 0 Å². The van der Waals surface area contributed by atoms with Gasteiger partial charge in [-0.05, 0) is 37.9 Å².